The molecule has 0 radical (unpaired) electrons. The van der Waals surface area contributed by atoms with E-state index >= 15 is 0 Å². The molecule has 4 nitrogen and oxygen atoms in total. The Labute approximate surface area is 65.5 Å². The Kier molecular flexibility index (Phi) is 3.48. The summed E-state index contributed by atoms with van der Waals surface area (Å²) in [5.41, 5.74) is -1.32. The second-order valence-electron chi connectivity index (χ2n) is 2.89. The highest BCUT2D eigenvalue weighted by Gasteiger charge is 2.32. The Morgan fingerprint density at radius 1 is 1.64 bits per heavy atom. The van der Waals surface area contributed by atoms with Crippen LogP contribution in [0.15, 0.2) is 0 Å². The molecular formula is C7H14O4. The summed E-state index contributed by atoms with van der Waals surface area (Å²) in [5, 5.41) is 26.4. The molecule has 0 aromatic carbocycles. The van der Waals surface area contributed by atoms with Crippen LogP contribution >= 0.6 is 0 Å². The number of carboxylic acid groups (broad SMARTS) is 1. The average molecular weight is 162 g/mol. The summed E-state index contributed by atoms with van der Waals surface area (Å²) in [6.45, 7) is 2.62. The molecule has 0 rings (SSSR count). The zero-order valence-electron chi connectivity index (χ0n) is 6.74. The molecule has 0 heterocycles. The molecule has 4 heteroatoms. The fourth-order valence-electron chi connectivity index (χ4n) is 0.709. The summed E-state index contributed by atoms with van der Waals surface area (Å²) >= 11 is 0. The molecule has 0 bridgehead atoms. The molecule has 0 saturated carbocycles. The van der Waals surface area contributed by atoms with Crippen LogP contribution in [-0.4, -0.2) is 33.5 Å². The Morgan fingerprint density at radius 2 is 2.09 bits per heavy atom. The minimum absolute atomic E-state index is 0.0838. The maximum absolute atomic E-state index is 10.4. The minimum Gasteiger partial charge on any atom is -0.481 e. The van der Waals surface area contributed by atoms with Crippen molar-refractivity contribution in [1.29, 1.82) is 0 Å². The summed E-state index contributed by atoms with van der Waals surface area (Å²) in [4.78, 5) is 10.4. The van der Waals surface area contributed by atoms with Gasteiger partial charge in [0.1, 0.15) is 0 Å². The lowest BCUT2D eigenvalue weighted by Crippen LogP contribution is -2.38. The molecule has 0 aromatic rings. The predicted molar refractivity (Wildman–Crippen MR) is 39.1 cm³/mol. The fraction of sp³-hybridized carbons (Fsp3) is 0.857. The molecule has 0 aliphatic heterocycles. The number of aliphatic carboxylic acids is 1. The second-order valence-corrected chi connectivity index (χ2v) is 2.89. The van der Waals surface area contributed by atoms with Crippen molar-refractivity contribution in [3.63, 3.8) is 0 Å². The van der Waals surface area contributed by atoms with E-state index in [-0.39, 0.29) is 13.0 Å². The fourth-order valence-corrected chi connectivity index (χ4v) is 0.709. The first kappa shape index (κ1) is 10.4. The van der Waals surface area contributed by atoms with Gasteiger partial charge in [-0.3, -0.25) is 4.79 Å². The number of hydrogen-bond donors (Lipinski definition) is 3. The van der Waals surface area contributed by atoms with E-state index in [0.29, 0.717) is 0 Å². The molecule has 11 heavy (non-hydrogen) atoms. The predicted octanol–water partition coefficient (Wildman–Crippen LogP) is -0.160. The van der Waals surface area contributed by atoms with E-state index < -0.39 is 17.5 Å². The van der Waals surface area contributed by atoms with Crippen molar-refractivity contribution >= 4 is 5.97 Å². The number of carboxylic acids is 1. The molecule has 2 atom stereocenters. The van der Waals surface area contributed by atoms with Crippen LogP contribution in [0, 0.1) is 5.92 Å². The summed E-state index contributed by atoms with van der Waals surface area (Å²) in [5.74, 6) is -1.90. The molecule has 0 amide bonds. The first-order valence-corrected chi connectivity index (χ1v) is 3.48. The number of aliphatic hydroxyl groups excluding tert-OH is 1. The number of aliphatic hydroxyl groups is 2. The maximum atomic E-state index is 10.4. The van der Waals surface area contributed by atoms with Crippen LogP contribution in [0.2, 0.25) is 0 Å². The first-order chi connectivity index (χ1) is 4.91. The lowest BCUT2D eigenvalue weighted by molar-refractivity contribution is -0.150. The van der Waals surface area contributed by atoms with E-state index in [0.717, 1.165) is 0 Å². The van der Waals surface area contributed by atoms with Gasteiger partial charge in [-0.25, -0.2) is 0 Å². The Balaban J connectivity index is 4.16. The van der Waals surface area contributed by atoms with Crippen LogP contribution in [0.5, 0.6) is 0 Å². The Hall–Kier alpha value is -0.610. The summed E-state index contributed by atoms with van der Waals surface area (Å²) in [7, 11) is 0. The molecule has 0 aliphatic carbocycles. The lowest BCUT2D eigenvalue weighted by Gasteiger charge is -2.26. The van der Waals surface area contributed by atoms with Crippen molar-refractivity contribution in [3.8, 4) is 0 Å². The molecule has 0 saturated heterocycles. The van der Waals surface area contributed by atoms with E-state index in [1.54, 1.807) is 0 Å². The standard InChI is InChI=1S/C7H14O4/c1-5(6(9)10)7(2,11)3-4-8/h5,8,11H,3-4H2,1-2H3,(H,9,10)/t5?,7-/m1/s1. The van der Waals surface area contributed by atoms with E-state index in [2.05, 4.69) is 0 Å². The highest BCUT2D eigenvalue weighted by Crippen LogP contribution is 2.20. The van der Waals surface area contributed by atoms with Gasteiger partial charge < -0.3 is 15.3 Å². The zero-order valence-corrected chi connectivity index (χ0v) is 6.74. The van der Waals surface area contributed by atoms with Crippen LogP contribution < -0.4 is 0 Å². The van der Waals surface area contributed by atoms with E-state index in [9.17, 15) is 9.90 Å². The van der Waals surface area contributed by atoms with Crippen molar-refractivity contribution in [2.75, 3.05) is 6.61 Å². The van der Waals surface area contributed by atoms with Gasteiger partial charge in [0.15, 0.2) is 0 Å². The zero-order chi connectivity index (χ0) is 9.07. The van der Waals surface area contributed by atoms with Crippen molar-refractivity contribution in [2.45, 2.75) is 25.9 Å². The van der Waals surface area contributed by atoms with Crippen molar-refractivity contribution in [3.05, 3.63) is 0 Å². The number of carbonyl (C=O) groups is 1. The van der Waals surface area contributed by atoms with Gasteiger partial charge in [0, 0.05) is 6.61 Å². The van der Waals surface area contributed by atoms with Gasteiger partial charge in [0.05, 0.1) is 11.5 Å². The highest BCUT2D eigenvalue weighted by molar-refractivity contribution is 5.70. The van der Waals surface area contributed by atoms with Gasteiger partial charge in [-0.15, -0.1) is 0 Å². The number of hydrogen-bond acceptors (Lipinski definition) is 3. The first-order valence-electron chi connectivity index (χ1n) is 3.48. The third kappa shape index (κ3) is 2.86. The van der Waals surface area contributed by atoms with Gasteiger partial charge in [-0.05, 0) is 20.3 Å². The van der Waals surface area contributed by atoms with E-state index in [1.165, 1.54) is 13.8 Å². The Morgan fingerprint density at radius 3 is 2.36 bits per heavy atom. The largest absolute Gasteiger partial charge is 0.481 e. The van der Waals surface area contributed by atoms with Gasteiger partial charge >= 0.3 is 5.97 Å². The van der Waals surface area contributed by atoms with Crippen molar-refractivity contribution in [1.82, 2.24) is 0 Å². The lowest BCUT2D eigenvalue weighted by atomic mass is 9.88. The summed E-state index contributed by atoms with van der Waals surface area (Å²) < 4.78 is 0. The normalized spacial score (nSPS) is 18.9. The van der Waals surface area contributed by atoms with Crippen molar-refractivity contribution < 1.29 is 20.1 Å². The maximum Gasteiger partial charge on any atom is 0.309 e. The number of rotatable bonds is 4. The molecule has 66 valence electrons. The van der Waals surface area contributed by atoms with Gasteiger partial charge in [-0.2, -0.15) is 0 Å². The summed E-state index contributed by atoms with van der Waals surface area (Å²) in [6.07, 6.45) is 0.0838. The molecular weight excluding hydrogens is 148 g/mol. The quantitative estimate of drug-likeness (QED) is 0.536. The van der Waals surface area contributed by atoms with Crippen molar-refractivity contribution in [2.24, 2.45) is 5.92 Å². The van der Waals surface area contributed by atoms with Gasteiger partial charge in [-0.1, -0.05) is 0 Å². The Bertz CT molecular complexity index is 141. The summed E-state index contributed by atoms with van der Waals surface area (Å²) in [6, 6.07) is 0. The molecule has 0 aliphatic rings. The van der Waals surface area contributed by atoms with Gasteiger partial charge in [0.2, 0.25) is 0 Å². The monoisotopic (exact) mass is 162 g/mol. The van der Waals surface area contributed by atoms with Gasteiger partial charge in [0.25, 0.3) is 0 Å². The van der Waals surface area contributed by atoms with Crippen LogP contribution in [0.1, 0.15) is 20.3 Å². The average Bonchev–Trinajstić information content (AvgIpc) is 1.86. The van der Waals surface area contributed by atoms with Crippen LogP contribution in [-0.2, 0) is 4.79 Å². The molecule has 0 spiro atoms. The highest BCUT2D eigenvalue weighted by atomic mass is 16.4. The SMILES string of the molecule is CC(C(=O)O)[C@](C)(O)CCO. The second kappa shape index (κ2) is 3.69. The molecule has 3 N–H and O–H groups in total. The van der Waals surface area contributed by atoms with E-state index in [1.807, 2.05) is 0 Å². The third-order valence-corrected chi connectivity index (χ3v) is 1.92. The smallest absolute Gasteiger partial charge is 0.309 e. The molecule has 0 aromatic heterocycles. The topological polar surface area (TPSA) is 77.8 Å². The third-order valence-electron chi connectivity index (χ3n) is 1.92. The van der Waals surface area contributed by atoms with Crippen LogP contribution in [0.4, 0.5) is 0 Å². The van der Waals surface area contributed by atoms with Crippen LogP contribution in [0.25, 0.3) is 0 Å². The van der Waals surface area contributed by atoms with Crippen LogP contribution in [0.3, 0.4) is 0 Å². The molecule has 0 fully saturated rings. The van der Waals surface area contributed by atoms with E-state index in [4.69, 9.17) is 10.2 Å². The molecule has 1 unspecified atom stereocenters. The minimum atomic E-state index is -1.32.